The molecule has 104 valence electrons. The SMILES string of the molecule is Nc1nnc(-c2ccc(F)cc2)c(-c2ccc(F)cc2)n1. The highest BCUT2D eigenvalue weighted by Crippen LogP contribution is 2.28. The van der Waals surface area contributed by atoms with Gasteiger partial charge in [0.05, 0.1) is 0 Å². The highest BCUT2D eigenvalue weighted by molar-refractivity contribution is 5.77. The molecule has 0 saturated carbocycles. The monoisotopic (exact) mass is 284 g/mol. The Balaban J connectivity index is 2.17. The summed E-state index contributed by atoms with van der Waals surface area (Å²) in [6.45, 7) is 0. The second-order valence-corrected chi connectivity index (χ2v) is 4.38. The van der Waals surface area contributed by atoms with Gasteiger partial charge in [-0.3, -0.25) is 0 Å². The molecule has 2 aromatic carbocycles. The molecule has 1 heterocycles. The number of nitrogens with zero attached hydrogens (tertiary/aromatic N) is 3. The number of nitrogens with two attached hydrogens (primary N) is 1. The maximum absolute atomic E-state index is 13.0. The van der Waals surface area contributed by atoms with Gasteiger partial charge in [-0.15, -0.1) is 10.2 Å². The van der Waals surface area contributed by atoms with E-state index in [2.05, 4.69) is 15.2 Å². The molecule has 0 aliphatic rings. The van der Waals surface area contributed by atoms with Crippen LogP contribution in [0.1, 0.15) is 0 Å². The van der Waals surface area contributed by atoms with E-state index in [-0.39, 0.29) is 17.6 Å². The van der Waals surface area contributed by atoms with Gasteiger partial charge in [-0.05, 0) is 48.5 Å². The molecule has 0 saturated heterocycles. The summed E-state index contributed by atoms with van der Waals surface area (Å²) in [5.41, 5.74) is 7.80. The Morgan fingerprint density at radius 1 is 0.667 bits per heavy atom. The zero-order valence-electron chi connectivity index (χ0n) is 10.8. The van der Waals surface area contributed by atoms with Crippen LogP contribution in [-0.2, 0) is 0 Å². The Bertz CT molecular complexity index is 771. The molecule has 0 aliphatic carbocycles. The Morgan fingerprint density at radius 3 is 1.67 bits per heavy atom. The first-order chi connectivity index (χ1) is 10.1. The van der Waals surface area contributed by atoms with Crippen LogP contribution in [0, 0.1) is 11.6 Å². The van der Waals surface area contributed by atoms with Crippen molar-refractivity contribution < 1.29 is 8.78 Å². The Kier molecular flexibility index (Phi) is 3.27. The first-order valence-corrected chi connectivity index (χ1v) is 6.15. The van der Waals surface area contributed by atoms with Crippen molar-refractivity contribution in [2.45, 2.75) is 0 Å². The van der Waals surface area contributed by atoms with E-state index in [9.17, 15) is 8.78 Å². The van der Waals surface area contributed by atoms with Crippen molar-refractivity contribution in [3.8, 4) is 22.5 Å². The fourth-order valence-electron chi connectivity index (χ4n) is 1.95. The van der Waals surface area contributed by atoms with E-state index >= 15 is 0 Å². The van der Waals surface area contributed by atoms with Crippen molar-refractivity contribution in [2.75, 3.05) is 5.73 Å². The third-order valence-electron chi connectivity index (χ3n) is 2.94. The number of hydrogen-bond acceptors (Lipinski definition) is 4. The normalized spacial score (nSPS) is 10.6. The molecule has 1 aromatic heterocycles. The molecule has 21 heavy (non-hydrogen) atoms. The van der Waals surface area contributed by atoms with Crippen LogP contribution in [0.4, 0.5) is 14.7 Å². The van der Waals surface area contributed by atoms with Gasteiger partial charge < -0.3 is 5.73 Å². The molecule has 6 heteroatoms. The van der Waals surface area contributed by atoms with Crippen LogP contribution in [0.2, 0.25) is 0 Å². The van der Waals surface area contributed by atoms with Crippen LogP contribution in [-0.4, -0.2) is 15.2 Å². The zero-order valence-corrected chi connectivity index (χ0v) is 10.8. The Hall–Kier alpha value is -2.89. The van der Waals surface area contributed by atoms with Gasteiger partial charge in [-0.25, -0.2) is 13.8 Å². The van der Waals surface area contributed by atoms with E-state index in [1.807, 2.05) is 0 Å². The predicted molar refractivity (Wildman–Crippen MR) is 75.0 cm³/mol. The molecule has 2 N–H and O–H groups in total. The standard InChI is InChI=1S/C15H10F2N4/c16-11-5-1-9(2-6-11)13-14(20-21-15(18)19-13)10-3-7-12(17)8-4-10/h1-8H,(H2,18,19,21). The van der Waals surface area contributed by atoms with Gasteiger partial charge >= 0.3 is 0 Å². The lowest BCUT2D eigenvalue weighted by atomic mass is 10.0. The molecule has 0 fully saturated rings. The highest BCUT2D eigenvalue weighted by atomic mass is 19.1. The molecule has 0 atom stereocenters. The minimum absolute atomic E-state index is 0.0141. The summed E-state index contributed by atoms with van der Waals surface area (Å²) in [5, 5.41) is 7.75. The topological polar surface area (TPSA) is 64.7 Å². The number of halogens is 2. The average Bonchev–Trinajstić information content (AvgIpc) is 2.49. The number of benzene rings is 2. The molecule has 0 amide bonds. The number of aromatic nitrogens is 3. The molecule has 0 unspecified atom stereocenters. The third-order valence-corrected chi connectivity index (χ3v) is 2.94. The summed E-state index contributed by atoms with van der Waals surface area (Å²) in [5.74, 6) is -0.685. The number of anilines is 1. The molecule has 0 bridgehead atoms. The fraction of sp³-hybridized carbons (Fsp3) is 0. The van der Waals surface area contributed by atoms with Gasteiger partial charge in [-0.2, -0.15) is 0 Å². The lowest BCUT2D eigenvalue weighted by Gasteiger charge is -2.08. The zero-order chi connectivity index (χ0) is 14.8. The summed E-state index contributed by atoms with van der Waals surface area (Å²) in [7, 11) is 0. The minimum atomic E-state index is -0.350. The Labute approximate surface area is 119 Å². The van der Waals surface area contributed by atoms with Crippen LogP contribution < -0.4 is 5.73 Å². The van der Waals surface area contributed by atoms with Crippen molar-refractivity contribution in [2.24, 2.45) is 0 Å². The van der Waals surface area contributed by atoms with E-state index in [4.69, 9.17) is 5.73 Å². The van der Waals surface area contributed by atoms with Gasteiger partial charge in [0.15, 0.2) is 0 Å². The van der Waals surface area contributed by atoms with Crippen molar-refractivity contribution in [1.82, 2.24) is 15.2 Å². The number of hydrogen-bond donors (Lipinski definition) is 1. The first kappa shape index (κ1) is 13.1. The third kappa shape index (κ3) is 2.69. The highest BCUT2D eigenvalue weighted by Gasteiger charge is 2.13. The van der Waals surface area contributed by atoms with Gasteiger partial charge in [0, 0.05) is 11.1 Å². The summed E-state index contributed by atoms with van der Waals surface area (Å²) in [4.78, 5) is 4.16. The first-order valence-electron chi connectivity index (χ1n) is 6.15. The molecular weight excluding hydrogens is 274 g/mol. The van der Waals surface area contributed by atoms with Crippen LogP contribution >= 0.6 is 0 Å². The van der Waals surface area contributed by atoms with Crippen molar-refractivity contribution in [1.29, 1.82) is 0 Å². The molecular formula is C15H10F2N4. The van der Waals surface area contributed by atoms with E-state index in [1.54, 1.807) is 24.3 Å². The van der Waals surface area contributed by atoms with E-state index in [1.165, 1.54) is 24.3 Å². The van der Waals surface area contributed by atoms with Gasteiger partial charge in [0.2, 0.25) is 5.95 Å². The number of nitrogen functional groups attached to an aromatic ring is 1. The van der Waals surface area contributed by atoms with E-state index in [0.717, 1.165) is 0 Å². The fourth-order valence-corrected chi connectivity index (χ4v) is 1.95. The summed E-state index contributed by atoms with van der Waals surface area (Å²) < 4.78 is 26.1. The average molecular weight is 284 g/mol. The van der Waals surface area contributed by atoms with Gasteiger partial charge in [0.25, 0.3) is 0 Å². The van der Waals surface area contributed by atoms with Crippen LogP contribution in [0.5, 0.6) is 0 Å². The minimum Gasteiger partial charge on any atom is -0.366 e. The largest absolute Gasteiger partial charge is 0.366 e. The van der Waals surface area contributed by atoms with Gasteiger partial charge in [0.1, 0.15) is 23.0 Å². The van der Waals surface area contributed by atoms with E-state index in [0.29, 0.717) is 22.5 Å². The molecule has 4 nitrogen and oxygen atoms in total. The lowest BCUT2D eigenvalue weighted by molar-refractivity contribution is 0.627. The molecule has 0 aliphatic heterocycles. The quantitative estimate of drug-likeness (QED) is 0.785. The van der Waals surface area contributed by atoms with Crippen molar-refractivity contribution in [3.05, 3.63) is 60.2 Å². The van der Waals surface area contributed by atoms with Crippen LogP contribution in [0.15, 0.2) is 48.5 Å². The van der Waals surface area contributed by atoms with Crippen molar-refractivity contribution >= 4 is 5.95 Å². The molecule has 3 rings (SSSR count). The second kappa shape index (κ2) is 5.24. The van der Waals surface area contributed by atoms with Crippen LogP contribution in [0.25, 0.3) is 22.5 Å². The summed E-state index contributed by atoms with van der Waals surface area (Å²) in [6.07, 6.45) is 0. The summed E-state index contributed by atoms with van der Waals surface area (Å²) >= 11 is 0. The molecule has 0 radical (unpaired) electrons. The molecule has 0 spiro atoms. The number of rotatable bonds is 2. The smallest absolute Gasteiger partial charge is 0.240 e. The maximum atomic E-state index is 13.0. The second-order valence-electron chi connectivity index (χ2n) is 4.38. The molecule has 3 aromatic rings. The maximum Gasteiger partial charge on any atom is 0.240 e. The van der Waals surface area contributed by atoms with Gasteiger partial charge in [-0.1, -0.05) is 0 Å². The van der Waals surface area contributed by atoms with Crippen molar-refractivity contribution in [3.63, 3.8) is 0 Å². The van der Waals surface area contributed by atoms with E-state index < -0.39 is 0 Å². The summed E-state index contributed by atoms with van der Waals surface area (Å²) in [6, 6.07) is 11.6. The Morgan fingerprint density at radius 2 is 1.14 bits per heavy atom. The predicted octanol–water partition coefficient (Wildman–Crippen LogP) is 3.07. The lowest BCUT2D eigenvalue weighted by Crippen LogP contribution is -2.02. The van der Waals surface area contributed by atoms with Crippen LogP contribution in [0.3, 0.4) is 0 Å².